The first-order valence-electron chi connectivity index (χ1n) is 7.48. The predicted octanol–water partition coefficient (Wildman–Crippen LogP) is 3.79. The van der Waals surface area contributed by atoms with E-state index in [1.807, 2.05) is 18.2 Å². The first kappa shape index (κ1) is 14.6. The monoisotopic (exact) mass is 300 g/mol. The zero-order chi connectivity index (χ0) is 14.7. The fourth-order valence-electron chi connectivity index (χ4n) is 3.09. The van der Waals surface area contributed by atoms with Crippen LogP contribution in [0.1, 0.15) is 24.0 Å². The molecular weight excluding hydrogens is 280 g/mol. The molecule has 2 nitrogen and oxygen atoms in total. The van der Waals surface area contributed by atoms with Crippen molar-refractivity contribution >= 4 is 11.6 Å². The summed E-state index contributed by atoms with van der Waals surface area (Å²) >= 11 is 6.32. The van der Waals surface area contributed by atoms with E-state index in [-0.39, 0.29) is 5.54 Å². The molecule has 21 heavy (non-hydrogen) atoms. The highest BCUT2D eigenvalue weighted by Gasteiger charge is 2.33. The number of benzene rings is 2. The summed E-state index contributed by atoms with van der Waals surface area (Å²) in [4.78, 5) is 2.47. The topological polar surface area (TPSA) is 29.3 Å². The lowest BCUT2D eigenvalue weighted by Crippen LogP contribution is -2.48. The highest BCUT2D eigenvalue weighted by atomic mass is 35.5. The van der Waals surface area contributed by atoms with Gasteiger partial charge in [0.05, 0.1) is 0 Å². The molecule has 0 bridgehead atoms. The fourth-order valence-corrected chi connectivity index (χ4v) is 3.41. The van der Waals surface area contributed by atoms with Gasteiger partial charge in [0.1, 0.15) is 0 Å². The molecule has 3 rings (SSSR count). The minimum absolute atomic E-state index is 0.286. The minimum Gasteiger partial charge on any atom is -0.321 e. The van der Waals surface area contributed by atoms with Gasteiger partial charge in [-0.05, 0) is 30.0 Å². The van der Waals surface area contributed by atoms with Crippen molar-refractivity contribution < 1.29 is 0 Å². The molecule has 1 fully saturated rings. The van der Waals surface area contributed by atoms with Crippen molar-refractivity contribution in [1.82, 2.24) is 4.90 Å². The SMILES string of the molecule is NC1(c2ccccc2Cl)CCN(Cc2ccccc2)CC1. The van der Waals surface area contributed by atoms with Crippen molar-refractivity contribution in [2.75, 3.05) is 13.1 Å². The van der Waals surface area contributed by atoms with Gasteiger partial charge in [-0.2, -0.15) is 0 Å². The van der Waals surface area contributed by atoms with Crippen molar-refractivity contribution in [3.05, 3.63) is 70.7 Å². The number of piperidine rings is 1. The van der Waals surface area contributed by atoms with Crippen LogP contribution < -0.4 is 5.73 Å². The van der Waals surface area contributed by atoms with E-state index in [2.05, 4.69) is 41.3 Å². The second kappa shape index (κ2) is 6.18. The van der Waals surface area contributed by atoms with Crippen LogP contribution in [0.25, 0.3) is 0 Å². The van der Waals surface area contributed by atoms with Crippen molar-refractivity contribution in [3.63, 3.8) is 0 Å². The number of hydrogen-bond donors (Lipinski definition) is 1. The summed E-state index contributed by atoms with van der Waals surface area (Å²) < 4.78 is 0. The van der Waals surface area contributed by atoms with Gasteiger partial charge in [0.25, 0.3) is 0 Å². The average molecular weight is 301 g/mol. The lowest BCUT2D eigenvalue weighted by molar-refractivity contribution is 0.155. The summed E-state index contributed by atoms with van der Waals surface area (Å²) in [6.45, 7) is 3.02. The van der Waals surface area contributed by atoms with Crippen molar-refractivity contribution in [2.24, 2.45) is 5.73 Å². The average Bonchev–Trinajstić information content (AvgIpc) is 2.51. The maximum atomic E-state index is 6.63. The number of likely N-dealkylation sites (tertiary alicyclic amines) is 1. The molecule has 1 aliphatic rings. The largest absolute Gasteiger partial charge is 0.321 e. The van der Waals surface area contributed by atoms with Crippen LogP contribution in [0.2, 0.25) is 5.02 Å². The first-order chi connectivity index (χ1) is 10.2. The normalized spacial score (nSPS) is 18.6. The van der Waals surface area contributed by atoms with E-state index in [4.69, 9.17) is 17.3 Å². The molecule has 3 heteroatoms. The van der Waals surface area contributed by atoms with E-state index >= 15 is 0 Å². The summed E-state index contributed by atoms with van der Waals surface area (Å²) in [5.74, 6) is 0. The summed E-state index contributed by atoms with van der Waals surface area (Å²) in [5.41, 5.74) is 8.79. The zero-order valence-corrected chi connectivity index (χ0v) is 12.9. The van der Waals surface area contributed by atoms with Crippen LogP contribution in [-0.4, -0.2) is 18.0 Å². The van der Waals surface area contributed by atoms with E-state index < -0.39 is 0 Å². The zero-order valence-electron chi connectivity index (χ0n) is 12.1. The van der Waals surface area contributed by atoms with Crippen LogP contribution in [0, 0.1) is 0 Å². The number of halogens is 1. The van der Waals surface area contributed by atoms with E-state index in [0.717, 1.165) is 43.1 Å². The lowest BCUT2D eigenvalue weighted by Gasteiger charge is -2.40. The molecule has 1 saturated heterocycles. The van der Waals surface area contributed by atoms with E-state index in [0.29, 0.717) is 0 Å². The smallest absolute Gasteiger partial charge is 0.0456 e. The number of nitrogens with zero attached hydrogens (tertiary/aromatic N) is 1. The Morgan fingerprint density at radius 1 is 0.952 bits per heavy atom. The third kappa shape index (κ3) is 3.29. The van der Waals surface area contributed by atoms with Crippen molar-refractivity contribution in [3.8, 4) is 0 Å². The van der Waals surface area contributed by atoms with Gasteiger partial charge in [0.15, 0.2) is 0 Å². The summed E-state index contributed by atoms with van der Waals surface area (Å²) in [5, 5.41) is 0.788. The molecule has 1 heterocycles. The van der Waals surface area contributed by atoms with Gasteiger partial charge >= 0.3 is 0 Å². The van der Waals surface area contributed by atoms with Crippen LogP contribution in [-0.2, 0) is 12.1 Å². The van der Waals surface area contributed by atoms with Gasteiger partial charge < -0.3 is 5.73 Å². The maximum absolute atomic E-state index is 6.63. The first-order valence-corrected chi connectivity index (χ1v) is 7.85. The molecule has 2 aromatic rings. The quantitative estimate of drug-likeness (QED) is 0.934. The van der Waals surface area contributed by atoms with Gasteiger partial charge in [-0.15, -0.1) is 0 Å². The van der Waals surface area contributed by atoms with Crippen molar-refractivity contribution in [1.29, 1.82) is 0 Å². The fraction of sp³-hybridized carbons (Fsp3) is 0.333. The number of rotatable bonds is 3. The molecule has 0 aliphatic carbocycles. The Morgan fingerprint density at radius 3 is 2.24 bits per heavy atom. The second-order valence-corrected chi connectivity index (χ2v) is 6.30. The summed E-state index contributed by atoms with van der Waals surface area (Å²) in [6, 6.07) is 18.6. The molecule has 0 amide bonds. The van der Waals surface area contributed by atoms with Crippen LogP contribution >= 0.6 is 11.6 Å². The Bertz CT molecular complexity index is 589. The van der Waals surface area contributed by atoms with Gasteiger partial charge in [0, 0.05) is 30.2 Å². The van der Waals surface area contributed by atoms with E-state index in [1.54, 1.807) is 0 Å². The van der Waals surface area contributed by atoms with Gasteiger partial charge in [-0.3, -0.25) is 4.90 Å². The molecule has 2 aromatic carbocycles. The Morgan fingerprint density at radius 2 is 1.57 bits per heavy atom. The van der Waals surface area contributed by atoms with E-state index in [1.165, 1.54) is 5.56 Å². The molecule has 110 valence electrons. The molecule has 0 aromatic heterocycles. The summed E-state index contributed by atoms with van der Waals surface area (Å²) in [6.07, 6.45) is 1.90. The Kier molecular flexibility index (Phi) is 4.29. The molecule has 0 unspecified atom stereocenters. The van der Waals surface area contributed by atoms with Crippen LogP contribution in [0.3, 0.4) is 0 Å². The van der Waals surface area contributed by atoms with Crippen LogP contribution in [0.15, 0.2) is 54.6 Å². The Hall–Kier alpha value is -1.35. The standard InChI is InChI=1S/C18H21ClN2/c19-17-9-5-4-8-16(17)18(20)10-12-21(13-11-18)14-15-6-2-1-3-7-15/h1-9H,10-14,20H2. The Balaban J connectivity index is 1.66. The van der Waals surface area contributed by atoms with Crippen LogP contribution in [0.5, 0.6) is 0 Å². The van der Waals surface area contributed by atoms with Crippen molar-refractivity contribution in [2.45, 2.75) is 24.9 Å². The molecule has 0 spiro atoms. The Labute approximate surface area is 131 Å². The van der Waals surface area contributed by atoms with Crippen LogP contribution in [0.4, 0.5) is 0 Å². The minimum atomic E-state index is -0.286. The maximum Gasteiger partial charge on any atom is 0.0456 e. The molecule has 0 saturated carbocycles. The second-order valence-electron chi connectivity index (χ2n) is 5.90. The number of nitrogens with two attached hydrogens (primary N) is 1. The highest BCUT2D eigenvalue weighted by Crippen LogP contribution is 2.34. The molecule has 0 atom stereocenters. The third-order valence-electron chi connectivity index (χ3n) is 4.41. The molecule has 0 radical (unpaired) electrons. The van der Waals surface area contributed by atoms with Gasteiger partial charge in [-0.1, -0.05) is 60.1 Å². The lowest BCUT2D eigenvalue weighted by atomic mass is 9.82. The molecule has 2 N–H and O–H groups in total. The molecule has 1 aliphatic heterocycles. The van der Waals surface area contributed by atoms with Gasteiger partial charge in [-0.25, -0.2) is 0 Å². The number of hydrogen-bond acceptors (Lipinski definition) is 2. The third-order valence-corrected chi connectivity index (χ3v) is 4.74. The highest BCUT2D eigenvalue weighted by molar-refractivity contribution is 6.31. The van der Waals surface area contributed by atoms with E-state index in [9.17, 15) is 0 Å². The summed E-state index contributed by atoms with van der Waals surface area (Å²) in [7, 11) is 0. The molecular formula is C18H21ClN2. The van der Waals surface area contributed by atoms with Gasteiger partial charge in [0.2, 0.25) is 0 Å². The predicted molar refractivity (Wildman–Crippen MR) is 88.3 cm³/mol.